The van der Waals surface area contributed by atoms with E-state index in [4.69, 9.17) is 14.2 Å². The molecule has 0 aromatic heterocycles. The normalized spacial score (nSPS) is 15.1. The highest BCUT2D eigenvalue weighted by atomic mass is 32.2. The monoisotopic (exact) mass is 629 g/mol. The van der Waals surface area contributed by atoms with Crippen molar-refractivity contribution in [3.05, 3.63) is 45.6 Å². The fourth-order valence-corrected chi connectivity index (χ4v) is 5.95. The number of hydrogen-bond donors (Lipinski definition) is 4. The molecule has 0 heterocycles. The summed E-state index contributed by atoms with van der Waals surface area (Å²) in [5, 5.41) is 18.4. The number of carbonyl (C=O) groups is 3. The molecule has 1 aliphatic rings. The topological polar surface area (TPSA) is 152 Å². The molecule has 12 heteroatoms. The highest BCUT2D eigenvalue weighted by Gasteiger charge is 2.30. The lowest BCUT2D eigenvalue weighted by Gasteiger charge is -2.23. The average Bonchev–Trinajstić information content (AvgIpc) is 3.21. The number of rotatable bonds is 14. The van der Waals surface area contributed by atoms with Gasteiger partial charge in [-0.1, -0.05) is 19.9 Å². The molecule has 0 fully saturated rings. The molecule has 4 N–H and O–H groups in total. The summed E-state index contributed by atoms with van der Waals surface area (Å²) < 4.78 is 17.1. The first kappa shape index (κ1) is 34.6. The van der Waals surface area contributed by atoms with Gasteiger partial charge in [-0.3, -0.25) is 14.4 Å². The lowest BCUT2D eigenvalue weighted by Crippen LogP contribution is -2.48. The van der Waals surface area contributed by atoms with E-state index in [9.17, 15) is 24.3 Å². The number of fused-ring (bicyclic) bond motifs is 3. The molecule has 11 nitrogen and oxygen atoms in total. The summed E-state index contributed by atoms with van der Waals surface area (Å²) in [6.45, 7) is 5.31. The van der Waals surface area contributed by atoms with Gasteiger partial charge in [0, 0.05) is 12.5 Å². The van der Waals surface area contributed by atoms with E-state index >= 15 is 0 Å². The summed E-state index contributed by atoms with van der Waals surface area (Å²) in [7, 11) is 4.59. The Kier molecular flexibility index (Phi) is 12.3. The molecule has 0 saturated carbocycles. The van der Waals surface area contributed by atoms with Gasteiger partial charge < -0.3 is 35.3 Å². The molecule has 0 saturated heterocycles. The van der Waals surface area contributed by atoms with Crippen molar-refractivity contribution < 1.29 is 33.7 Å². The number of carbonyl (C=O) groups excluding carboxylic acids is 2. The van der Waals surface area contributed by atoms with Gasteiger partial charge in [-0.25, -0.2) is 4.79 Å². The number of hydrogen-bond acceptors (Lipinski definition) is 9. The standard InChI is InChI=1S/C32H43N3O8S/c1-17(2)14-25(31(38)35-24(32(39)40)12-13-44-7)34-23-11-9-20-21(16-26(23)37)22(33-18(3)36)10-8-19-15-27(41-4)29(42-5)30(43-6)28(19)20/h9,11,15-17,22,24-25H,8,10,12-14H2,1-7H3,(H,33,36)(H,34,37)(H,35,38)(H,39,40). The van der Waals surface area contributed by atoms with Crippen LogP contribution in [0.4, 0.5) is 5.69 Å². The lowest BCUT2D eigenvalue weighted by molar-refractivity contribution is -0.142. The number of amides is 2. The zero-order chi connectivity index (χ0) is 32.6. The van der Waals surface area contributed by atoms with Crippen molar-refractivity contribution in [2.75, 3.05) is 38.7 Å². The molecule has 2 aromatic carbocycles. The molecule has 3 unspecified atom stereocenters. The Labute approximate surface area is 262 Å². The predicted molar refractivity (Wildman–Crippen MR) is 172 cm³/mol. The van der Waals surface area contributed by atoms with Crippen molar-refractivity contribution in [2.45, 2.75) is 64.6 Å². The van der Waals surface area contributed by atoms with Crippen LogP contribution < -0.4 is 35.6 Å². The fourth-order valence-electron chi connectivity index (χ4n) is 5.48. The summed E-state index contributed by atoms with van der Waals surface area (Å²) in [6, 6.07) is 4.35. The summed E-state index contributed by atoms with van der Waals surface area (Å²) in [5.74, 6) is 0.110. The minimum absolute atomic E-state index is 0.0692. The first-order chi connectivity index (χ1) is 20.9. The van der Waals surface area contributed by atoms with Gasteiger partial charge >= 0.3 is 5.97 Å². The van der Waals surface area contributed by atoms with E-state index in [-0.39, 0.29) is 29.4 Å². The number of nitrogens with one attached hydrogen (secondary N) is 3. The van der Waals surface area contributed by atoms with Crippen molar-refractivity contribution in [1.29, 1.82) is 0 Å². The van der Waals surface area contributed by atoms with Crippen molar-refractivity contribution >= 4 is 35.2 Å². The summed E-state index contributed by atoms with van der Waals surface area (Å²) in [5.41, 5.74) is 2.64. The Balaban J connectivity index is 2.17. The van der Waals surface area contributed by atoms with Gasteiger partial charge in [0.2, 0.25) is 23.0 Å². The highest BCUT2D eigenvalue weighted by molar-refractivity contribution is 7.98. The van der Waals surface area contributed by atoms with E-state index in [1.807, 2.05) is 26.2 Å². The Bertz CT molecular complexity index is 1430. The van der Waals surface area contributed by atoms with Crippen LogP contribution >= 0.6 is 11.8 Å². The number of methoxy groups -OCH3 is 3. The smallest absolute Gasteiger partial charge is 0.326 e. The van der Waals surface area contributed by atoms with E-state index in [1.165, 1.54) is 39.0 Å². The number of aryl methyl sites for hydroxylation is 1. The van der Waals surface area contributed by atoms with E-state index < -0.39 is 30.0 Å². The van der Waals surface area contributed by atoms with E-state index in [0.717, 1.165) is 5.56 Å². The van der Waals surface area contributed by atoms with Crippen LogP contribution in [0.5, 0.6) is 17.2 Å². The molecule has 0 aliphatic heterocycles. The summed E-state index contributed by atoms with van der Waals surface area (Å²) in [6.07, 6.45) is 3.58. The molecule has 3 atom stereocenters. The molecule has 3 rings (SSSR count). The van der Waals surface area contributed by atoms with Gasteiger partial charge in [-0.15, -0.1) is 0 Å². The van der Waals surface area contributed by atoms with Crippen LogP contribution in [0.15, 0.2) is 29.1 Å². The molecule has 44 heavy (non-hydrogen) atoms. The first-order valence-electron chi connectivity index (χ1n) is 14.5. The SMILES string of the molecule is COc1cc2c(c(OC)c1OC)-c1ccc(NC(CC(C)C)C(=O)NC(CCSC)C(=O)O)c(=O)cc1C(NC(C)=O)CC2. The Hall–Kier alpha value is -3.93. The molecule has 2 amide bonds. The number of carboxylic acids is 1. The maximum atomic E-state index is 13.8. The fraction of sp³-hybridized carbons (Fsp3) is 0.500. The third kappa shape index (κ3) is 8.16. The minimum Gasteiger partial charge on any atom is -0.493 e. The molecule has 1 aliphatic carbocycles. The van der Waals surface area contributed by atoms with Crippen molar-refractivity contribution in [1.82, 2.24) is 10.6 Å². The number of aliphatic carboxylic acids is 1. The molecular formula is C32H43N3O8S. The second kappa shape index (κ2) is 15.7. The van der Waals surface area contributed by atoms with Crippen molar-refractivity contribution in [3.63, 3.8) is 0 Å². The van der Waals surface area contributed by atoms with Gasteiger partial charge in [-0.2, -0.15) is 11.8 Å². The van der Waals surface area contributed by atoms with Gasteiger partial charge in [0.05, 0.1) is 33.1 Å². The van der Waals surface area contributed by atoms with E-state index in [2.05, 4.69) is 16.0 Å². The number of carboxylic acid groups (broad SMARTS) is 1. The third-order valence-corrected chi connectivity index (χ3v) is 8.14. The number of thioether (sulfide) groups is 1. The van der Waals surface area contributed by atoms with Crippen LogP contribution in [-0.4, -0.2) is 68.3 Å². The van der Waals surface area contributed by atoms with Crippen LogP contribution in [0.3, 0.4) is 0 Å². The minimum atomic E-state index is -1.11. The Morgan fingerprint density at radius 3 is 2.32 bits per heavy atom. The van der Waals surface area contributed by atoms with Crippen LogP contribution in [-0.2, 0) is 20.8 Å². The molecular weight excluding hydrogens is 586 g/mol. The molecule has 0 radical (unpaired) electrons. The molecule has 0 spiro atoms. The van der Waals surface area contributed by atoms with Gasteiger partial charge in [0.25, 0.3) is 0 Å². The van der Waals surface area contributed by atoms with E-state index in [0.29, 0.717) is 59.0 Å². The second-order valence-corrected chi connectivity index (χ2v) is 12.1. The van der Waals surface area contributed by atoms with Gasteiger partial charge in [0.1, 0.15) is 12.1 Å². The van der Waals surface area contributed by atoms with Gasteiger partial charge in [-0.05, 0) is 78.5 Å². The lowest BCUT2D eigenvalue weighted by atomic mass is 9.95. The summed E-state index contributed by atoms with van der Waals surface area (Å²) in [4.78, 5) is 51.2. The third-order valence-electron chi connectivity index (χ3n) is 7.49. The highest BCUT2D eigenvalue weighted by Crippen LogP contribution is 2.50. The maximum Gasteiger partial charge on any atom is 0.326 e. The van der Waals surface area contributed by atoms with E-state index in [1.54, 1.807) is 19.2 Å². The van der Waals surface area contributed by atoms with Crippen LogP contribution in [0.2, 0.25) is 0 Å². The average molecular weight is 630 g/mol. The Morgan fingerprint density at radius 2 is 1.75 bits per heavy atom. The number of benzene rings is 1. The van der Waals surface area contributed by atoms with Crippen molar-refractivity contribution in [2.24, 2.45) is 5.92 Å². The van der Waals surface area contributed by atoms with Crippen molar-refractivity contribution in [3.8, 4) is 28.4 Å². The number of anilines is 1. The van der Waals surface area contributed by atoms with Crippen LogP contribution in [0.25, 0.3) is 11.1 Å². The maximum absolute atomic E-state index is 13.8. The summed E-state index contributed by atoms with van der Waals surface area (Å²) >= 11 is 1.49. The van der Waals surface area contributed by atoms with Crippen LogP contribution in [0, 0.1) is 5.92 Å². The van der Waals surface area contributed by atoms with Crippen LogP contribution in [0.1, 0.15) is 57.2 Å². The Morgan fingerprint density at radius 1 is 1.05 bits per heavy atom. The second-order valence-electron chi connectivity index (χ2n) is 11.1. The molecule has 0 bridgehead atoms. The zero-order valence-corrected chi connectivity index (χ0v) is 27.2. The first-order valence-corrected chi connectivity index (χ1v) is 15.9. The molecule has 2 aromatic rings. The predicted octanol–water partition coefficient (Wildman–Crippen LogP) is 4.01. The molecule has 240 valence electrons. The zero-order valence-electron chi connectivity index (χ0n) is 26.4. The number of ether oxygens (including phenoxy) is 3. The largest absolute Gasteiger partial charge is 0.493 e. The van der Waals surface area contributed by atoms with Gasteiger partial charge in [0.15, 0.2) is 11.5 Å². The quantitative estimate of drug-likeness (QED) is 0.241.